The van der Waals surface area contributed by atoms with Crippen molar-refractivity contribution in [2.45, 2.75) is 13.0 Å². The molecule has 0 fully saturated rings. The van der Waals surface area contributed by atoms with E-state index in [1.54, 1.807) is 6.33 Å². The van der Waals surface area contributed by atoms with E-state index >= 15 is 0 Å². The van der Waals surface area contributed by atoms with E-state index in [9.17, 15) is 0 Å². The van der Waals surface area contributed by atoms with Crippen molar-refractivity contribution in [1.29, 1.82) is 0 Å². The van der Waals surface area contributed by atoms with Crippen molar-refractivity contribution >= 4 is 0 Å². The van der Waals surface area contributed by atoms with Gasteiger partial charge in [0.25, 0.3) is 0 Å². The van der Waals surface area contributed by atoms with Gasteiger partial charge >= 0.3 is 0 Å². The molecule has 0 saturated heterocycles. The first kappa shape index (κ1) is 10.8. The summed E-state index contributed by atoms with van der Waals surface area (Å²) >= 11 is 0. The van der Waals surface area contributed by atoms with Crippen LogP contribution in [0.5, 0.6) is 0 Å². The van der Waals surface area contributed by atoms with Gasteiger partial charge in [0.05, 0.1) is 0 Å². The fourth-order valence-corrected chi connectivity index (χ4v) is 1.52. The molecule has 0 aliphatic carbocycles. The van der Waals surface area contributed by atoms with Gasteiger partial charge in [0.1, 0.15) is 6.33 Å². The summed E-state index contributed by atoms with van der Waals surface area (Å²) < 4.78 is 1.90. The molecule has 2 aromatic rings. The highest BCUT2D eigenvalue weighted by Gasteiger charge is 1.97. The number of nitrogens with one attached hydrogen (secondary N) is 1. The Morgan fingerprint density at radius 1 is 1.31 bits per heavy atom. The van der Waals surface area contributed by atoms with Crippen LogP contribution in [0.15, 0.2) is 31.0 Å². The molecule has 2 rings (SSSR count). The van der Waals surface area contributed by atoms with Crippen LogP contribution >= 0.6 is 0 Å². The Kier molecular flexibility index (Phi) is 3.61. The van der Waals surface area contributed by atoms with Crippen LogP contribution in [0.4, 0.5) is 0 Å². The van der Waals surface area contributed by atoms with E-state index in [4.69, 9.17) is 0 Å². The van der Waals surface area contributed by atoms with Crippen LogP contribution in [0.3, 0.4) is 0 Å². The molecule has 2 aromatic heterocycles. The van der Waals surface area contributed by atoms with Gasteiger partial charge in [-0.2, -0.15) is 5.10 Å². The number of nitrogens with zero attached hydrogens (tertiary/aromatic N) is 4. The Balaban J connectivity index is 1.72. The SMILES string of the molecule is Cn1nccc1CCNCc1cncnc1. The molecule has 5 nitrogen and oxygen atoms in total. The van der Waals surface area contributed by atoms with Gasteiger partial charge in [-0.1, -0.05) is 0 Å². The second kappa shape index (κ2) is 5.37. The van der Waals surface area contributed by atoms with Gasteiger partial charge < -0.3 is 5.32 Å². The third-order valence-electron chi connectivity index (χ3n) is 2.42. The number of hydrogen-bond acceptors (Lipinski definition) is 4. The van der Waals surface area contributed by atoms with Gasteiger partial charge in [-0.25, -0.2) is 9.97 Å². The Labute approximate surface area is 94.5 Å². The maximum Gasteiger partial charge on any atom is 0.115 e. The quantitative estimate of drug-likeness (QED) is 0.743. The Morgan fingerprint density at radius 2 is 2.12 bits per heavy atom. The van der Waals surface area contributed by atoms with Crippen LogP contribution in [0.1, 0.15) is 11.3 Å². The molecular formula is C11H15N5. The highest BCUT2D eigenvalue weighted by molar-refractivity contribution is 5.03. The summed E-state index contributed by atoms with van der Waals surface area (Å²) in [5.41, 5.74) is 2.34. The van der Waals surface area contributed by atoms with Crippen molar-refractivity contribution in [3.05, 3.63) is 42.2 Å². The molecule has 0 aliphatic rings. The van der Waals surface area contributed by atoms with Crippen molar-refractivity contribution in [3.8, 4) is 0 Å². The van der Waals surface area contributed by atoms with Crippen LogP contribution in [0.2, 0.25) is 0 Å². The van der Waals surface area contributed by atoms with Crippen LogP contribution in [-0.4, -0.2) is 26.3 Å². The molecule has 1 N–H and O–H groups in total. The average Bonchev–Trinajstić information content (AvgIpc) is 2.72. The van der Waals surface area contributed by atoms with Gasteiger partial charge in [0.15, 0.2) is 0 Å². The Morgan fingerprint density at radius 3 is 2.81 bits per heavy atom. The molecule has 0 radical (unpaired) electrons. The van der Waals surface area contributed by atoms with E-state index in [1.165, 1.54) is 5.69 Å². The lowest BCUT2D eigenvalue weighted by molar-refractivity contribution is 0.641. The molecule has 84 valence electrons. The standard InChI is InChI=1S/C11H15N5/c1-16-11(3-5-15-16)2-4-12-6-10-7-13-9-14-8-10/h3,5,7-9,12H,2,4,6H2,1H3. The van der Waals surface area contributed by atoms with Gasteiger partial charge in [0.2, 0.25) is 0 Å². The molecule has 0 bridgehead atoms. The predicted molar refractivity (Wildman–Crippen MR) is 60.7 cm³/mol. The summed E-state index contributed by atoms with van der Waals surface area (Å²) in [5.74, 6) is 0. The molecule has 0 saturated carbocycles. The van der Waals surface area contributed by atoms with E-state index in [0.717, 1.165) is 25.1 Å². The molecule has 2 heterocycles. The molecule has 0 amide bonds. The first-order valence-electron chi connectivity index (χ1n) is 5.28. The van der Waals surface area contributed by atoms with Crippen LogP contribution in [-0.2, 0) is 20.0 Å². The summed E-state index contributed by atoms with van der Waals surface area (Å²) in [5, 5.41) is 7.47. The Hall–Kier alpha value is -1.75. The fraction of sp³-hybridized carbons (Fsp3) is 0.364. The molecule has 0 atom stereocenters. The van der Waals surface area contributed by atoms with Gasteiger partial charge in [-0.15, -0.1) is 0 Å². The van der Waals surface area contributed by atoms with Crippen molar-refractivity contribution in [2.24, 2.45) is 7.05 Å². The predicted octanol–water partition coefficient (Wildman–Crippen LogP) is 0.542. The average molecular weight is 217 g/mol. The maximum atomic E-state index is 4.12. The van der Waals surface area contributed by atoms with Gasteiger partial charge in [-0.3, -0.25) is 4.68 Å². The highest BCUT2D eigenvalue weighted by atomic mass is 15.3. The van der Waals surface area contributed by atoms with Crippen molar-refractivity contribution in [1.82, 2.24) is 25.1 Å². The Bertz CT molecular complexity index is 423. The van der Waals surface area contributed by atoms with Crippen molar-refractivity contribution in [2.75, 3.05) is 6.54 Å². The third kappa shape index (κ3) is 2.87. The largest absolute Gasteiger partial charge is 0.312 e. The fourth-order valence-electron chi connectivity index (χ4n) is 1.52. The monoisotopic (exact) mass is 217 g/mol. The molecule has 0 aromatic carbocycles. The van der Waals surface area contributed by atoms with E-state index in [0.29, 0.717) is 0 Å². The van der Waals surface area contributed by atoms with Crippen molar-refractivity contribution in [3.63, 3.8) is 0 Å². The zero-order valence-electron chi connectivity index (χ0n) is 9.30. The lowest BCUT2D eigenvalue weighted by Crippen LogP contribution is -2.18. The second-order valence-electron chi connectivity index (χ2n) is 3.62. The van der Waals surface area contributed by atoms with Crippen LogP contribution in [0, 0.1) is 0 Å². The van der Waals surface area contributed by atoms with E-state index in [-0.39, 0.29) is 0 Å². The molecule has 5 heteroatoms. The zero-order valence-corrected chi connectivity index (χ0v) is 9.30. The molecular weight excluding hydrogens is 202 g/mol. The van der Waals surface area contributed by atoms with Crippen molar-refractivity contribution < 1.29 is 0 Å². The first-order valence-corrected chi connectivity index (χ1v) is 5.28. The summed E-state index contributed by atoms with van der Waals surface area (Å²) in [6.45, 7) is 1.73. The smallest absolute Gasteiger partial charge is 0.115 e. The molecule has 16 heavy (non-hydrogen) atoms. The van der Waals surface area contributed by atoms with Crippen LogP contribution in [0.25, 0.3) is 0 Å². The number of rotatable bonds is 5. The summed E-state index contributed by atoms with van der Waals surface area (Å²) in [6, 6.07) is 2.04. The lowest BCUT2D eigenvalue weighted by atomic mass is 10.3. The minimum Gasteiger partial charge on any atom is -0.312 e. The van der Waals surface area contributed by atoms with Gasteiger partial charge in [0, 0.05) is 56.4 Å². The van der Waals surface area contributed by atoms with E-state index in [2.05, 4.69) is 20.4 Å². The lowest BCUT2D eigenvalue weighted by Gasteiger charge is -2.04. The topological polar surface area (TPSA) is 55.6 Å². The van der Waals surface area contributed by atoms with E-state index < -0.39 is 0 Å². The minimum atomic E-state index is 0.804. The zero-order chi connectivity index (χ0) is 11.2. The molecule has 0 unspecified atom stereocenters. The van der Waals surface area contributed by atoms with E-state index in [1.807, 2.05) is 36.4 Å². The number of aromatic nitrogens is 4. The summed E-state index contributed by atoms with van der Waals surface area (Å²) in [6.07, 6.45) is 7.98. The minimum absolute atomic E-state index is 0.804. The highest BCUT2D eigenvalue weighted by Crippen LogP contribution is 1.97. The van der Waals surface area contributed by atoms with Crippen LogP contribution < -0.4 is 5.32 Å². The second-order valence-corrected chi connectivity index (χ2v) is 3.62. The third-order valence-corrected chi connectivity index (χ3v) is 2.42. The molecule has 0 aliphatic heterocycles. The number of aryl methyl sites for hydroxylation is 1. The summed E-state index contributed by atoms with van der Waals surface area (Å²) in [4.78, 5) is 7.92. The van der Waals surface area contributed by atoms with Gasteiger partial charge in [-0.05, 0) is 6.07 Å². The summed E-state index contributed by atoms with van der Waals surface area (Å²) in [7, 11) is 1.96. The normalized spacial score (nSPS) is 10.6. The number of hydrogen-bond donors (Lipinski definition) is 1. The molecule has 0 spiro atoms. The maximum absolute atomic E-state index is 4.12. The first-order chi connectivity index (χ1) is 7.86.